The highest BCUT2D eigenvalue weighted by Gasteiger charge is 2.16. The maximum absolute atomic E-state index is 12.5. The van der Waals surface area contributed by atoms with Gasteiger partial charge in [0.25, 0.3) is 0 Å². The summed E-state index contributed by atoms with van der Waals surface area (Å²) >= 11 is 0. The summed E-state index contributed by atoms with van der Waals surface area (Å²) in [5, 5.41) is 10.3. The van der Waals surface area contributed by atoms with Crippen LogP contribution in [0, 0.1) is 0 Å². The quantitative estimate of drug-likeness (QED) is 0.127. The SMILES string of the molecule is CCCCCCCCCCOc1ccc(C(=O)Oc2ccc(C(=O)Oc3ccc(OC)cc3)c(O)c2)cc1. The van der Waals surface area contributed by atoms with Crippen molar-refractivity contribution in [3.8, 4) is 28.7 Å². The van der Waals surface area contributed by atoms with Gasteiger partial charge in [-0.3, -0.25) is 0 Å². The van der Waals surface area contributed by atoms with Crippen LogP contribution in [-0.4, -0.2) is 30.8 Å². The lowest BCUT2D eigenvalue weighted by Crippen LogP contribution is -2.10. The second-order valence-corrected chi connectivity index (χ2v) is 8.98. The first kappa shape index (κ1) is 28.6. The van der Waals surface area contributed by atoms with Crippen LogP contribution in [0.15, 0.2) is 66.7 Å². The van der Waals surface area contributed by atoms with Crippen LogP contribution in [0.3, 0.4) is 0 Å². The van der Waals surface area contributed by atoms with Gasteiger partial charge in [0.15, 0.2) is 0 Å². The highest BCUT2D eigenvalue weighted by Crippen LogP contribution is 2.26. The minimum atomic E-state index is -0.742. The summed E-state index contributed by atoms with van der Waals surface area (Å²) in [5.74, 6) is 0.0281. The lowest BCUT2D eigenvalue weighted by atomic mass is 10.1. The average molecular weight is 521 g/mol. The number of methoxy groups -OCH3 is 1. The first-order valence-electron chi connectivity index (χ1n) is 13.1. The van der Waals surface area contributed by atoms with Gasteiger partial charge < -0.3 is 24.1 Å². The highest BCUT2D eigenvalue weighted by atomic mass is 16.5. The summed E-state index contributed by atoms with van der Waals surface area (Å²) in [7, 11) is 1.54. The Bertz CT molecular complexity index is 1150. The van der Waals surface area contributed by atoms with Crippen LogP contribution in [0.2, 0.25) is 0 Å². The molecule has 0 aliphatic carbocycles. The van der Waals surface area contributed by atoms with E-state index in [2.05, 4.69) is 6.92 Å². The fraction of sp³-hybridized carbons (Fsp3) is 0.355. The number of hydrogen-bond donors (Lipinski definition) is 1. The molecule has 7 nitrogen and oxygen atoms in total. The van der Waals surface area contributed by atoms with Crippen molar-refractivity contribution in [3.63, 3.8) is 0 Å². The Labute approximate surface area is 224 Å². The molecule has 0 atom stereocenters. The van der Waals surface area contributed by atoms with Gasteiger partial charge in [0.2, 0.25) is 0 Å². The molecule has 0 heterocycles. The van der Waals surface area contributed by atoms with E-state index in [4.69, 9.17) is 18.9 Å². The van der Waals surface area contributed by atoms with E-state index in [-0.39, 0.29) is 17.1 Å². The fourth-order valence-corrected chi connectivity index (χ4v) is 3.83. The average Bonchev–Trinajstić information content (AvgIpc) is 2.93. The minimum Gasteiger partial charge on any atom is -0.507 e. The van der Waals surface area contributed by atoms with E-state index in [0.29, 0.717) is 29.4 Å². The van der Waals surface area contributed by atoms with Crippen molar-refractivity contribution in [3.05, 3.63) is 77.9 Å². The van der Waals surface area contributed by atoms with E-state index in [1.165, 1.54) is 63.8 Å². The third-order valence-corrected chi connectivity index (χ3v) is 6.03. The van der Waals surface area contributed by atoms with E-state index in [1.54, 1.807) is 48.5 Å². The zero-order valence-corrected chi connectivity index (χ0v) is 22.1. The van der Waals surface area contributed by atoms with Gasteiger partial charge in [0.1, 0.15) is 34.3 Å². The second-order valence-electron chi connectivity index (χ2n) is 8.98. The number of esters is 2. The van der Waals surface area contributed by atoms with Crippen molar-refractivity contribution in [2.24, 2.45) is 0 Å². The Balaban J connectivity index is 1.44. The molecule has 0 bridgehead atoms. The summed E-state index contributed by atoms with van der Waals surface area (Å²) in [6.07, 6.45) is 9.91. The number of phenolic OH excluding ortho intramolecular Hbond substituents is 1. The lowest BCUT2D eigenvalue weighted by Gasteiger charge is -2.10. The lowest BCUT2D eigenvalue weighted by molar-refractivity contribution is 0.0729. The maximum Gasteiger partial charge on any atom is 0.347 e. The van der Waals surface area contributed by atoms with Gasteiger partial charge in [-0.2, -0.15) is 0 Å². The molecule has 0 amide bonds. The maximum atomic E-state index is 12.5. The normalized spacial score (nSPS) is 10.6. The van der Waals surface area contributed by atoms with E-state index in [1.807, 2.05) is 0 Å². The molecule has 3 rings (SSSR count). The number of carbonyl (C=O) groups excluding carboxylic acids is 2. The van der Waals surface area contributed by atoms with E-state index < -0.39 is 11.9 Å². The molecule has 0 saturated heterocycles. The van der Waals surface area contributed by atoms with Gasteiger partial charge in [0, 0.05) is 6.07 Å². The van der Waals surface area contributed by atoms with Crippen LogP contribution in [0.4, 0.5) is 0 Å². The molecule has 7 heteroatoms. The van der Waals surface area contributed by atoms with Crippen molar-refractivity contribution in [1.29, 1.82) is 0 Å². The summed E-state index contributed by atoms with van der Waals surface area (Å²) in [6.45, 7) is 2.87. The Hall–Kier alpha value is -4.00. The van der Waals surface area contributed by atoms with Crippen molar-refractivity contribution < 1.29 is 33.6 Å². The number of hydrogen-bond acceptors (Lipinski definition) is 7. The summed E-state index contributed by atoms with van der Waals surface area (Å²) in [6, 6.07) is 17.2. The van der Waals surface area contributed by atoms with Crippen molar-refractivity contribution in [2.75, 3.05) is 13.7 Å². The van der Waals surface area contributed by atoms with Crippen molar-refractivity contribution in [1.82, 2.24) is 0 Å². The van der Waals surface area contributed by atoms with E-state index in [0.717, 1.165) is 12.8 Å². The highest BCUT2D eigenvalue weighted by molar-refractivity contribution is 5.95. The monoisotopic (exact) mass is 520 g/mol. The smallest absolute Gasteiger partial charge is 0.347 e. The van der Waals surface area contributed by atoms with Crippen LogP contribution < -0.4 is 18.9 Å². The molecule has 38 heavy (non-hydrogen) atoms. The predicted molar refractivity (Wildman–Crippen MR) is 146 cm³/mol. The number of benzene rings is 3. The molecule has 0 spiro atoms. The molecule has 0 radical (unpaired) electrons. The minimum absolute atomic E-state index is 0.0568. The third kappa shape index (κ3) is 9.14. The number of unbranched alkanes of at least 4 members (excludes halogenated alkanes) is 7. The van der Waals surface area contributed by atoms with E-state index >= 15 is 0 Å². The van der Waals surface area contributed by atoms with Crippen LogP contribution in [0.5, 0.6) is 28.7 Å². The molecule has 3 aromatic carbocycles. The number of phenols is 1. The van der Waals surface area contributed by atoms with Gasteiger partial charge in [-0.25, -0.2) is 9.59 Å². The Kier molecular flexibility index (Phi) is 11.5. The Morgan fingerprint density at radius 3 is 1.84 bits per heavy atom. The van der Waals surface area contributed by atoms with Crippen molar-refractivity contribution >= 4 is 11.9 Å². The number of carbonyl (C=O) groups is 2. The molecule has 0 saturated carbocycles. The molecule has 0 aromatic heterocycles. The molecule has 202 valence electrons. The number of aromatic hydroxyl groups is 1. The predicted octanol–water partition coefficient (Wildman–Crippen LogP) is 7.36. The topological polar surface area (TPSA) is 91.3 Å². The molecule has 1 N–H and O–H groups in total. The van der Waals surface area contributed by atoms with Gasteiger partial charge in [-0.15, -0.1) is 0 Å². The van der Waals surface area contributed by atoms with Crippen molar-refractivity contribution in [2.45, 2.75) is 58.3 Å². The molecular formula is C31H36O7. The van der Waals surface area contributed by atoms with Crippen LogP contribution in [0.1, 0.15) is 79.0 Å². The van der Waals surface area contributed by atoms with Crippen LogP contribution in [0.25, 0.3) is 0 Å². The summed E-state index contributed by atoms with van der Waals surface area (Å²) in [4.78, 5) is 24.9. The zero-order valence-electron chi connectivity index (χ0n) is 22.1. The molecule has 0 aliphatic heterocycles. The standard InChI is InChI=1S/C31H36O7/c1-3-4-5-6-7-8-9-10-21-36-25-13-11-23(12-14-25)30(33)38-27-19-20-28(29(32)22-27)31(34)37-26-17-15-24(35-2)16-18-26/h11-20,22,32H,3-10,21H2,1-2H3. The second kappa shape index (κ2) is 15.3. The first-order chi connectivity index (χ1) is 18.5. The molecular weight excluding hydrogens is 484 g/mol. The van der Waals surface area contributed by atoms with E-state index in [9.17, 15) is 14.7 Å². The molecule has 0 aliphatic rings. The first-order valence-corrected chi connectivity index (χ1v) is 13.1. The summed E-state index contributed by atoms with van der Waals surface area (Å²) in [5.41, 5.74) is 0.283. The van der Waals surface area contributed by atoms with Crippen LogP contribution in [-0.2, 0) is 0 Å². The van der Waals surface area contributed by atoms with Gasteiger partial charge in [-0.1, -0.05) is 51.9 Å². The number of ether oxygens (including phenoxy) is 4. The molecule has 0 unspecified atom stereocenters. The van der Waals surface area contributed by atoms with Gasteiger partial charge in [-0.05, 0) is 67.1 Å². The fourth-order valence-electron chi connectivity index (χ4n) is 3.83. The Morgan fingerprint density at radius 2 is 1.21 bits per heavy atom. The van der Waals surface area contributed by atoms with Crippen LogP contribution >= 0.6 is 0 Å². The van der Waals surface area contributed by atoms with Gasteiger partial charge in [0.05, 0.1) is 19.3 Å². The zero-order chi connectivity index (χ0) is 27.2. The Morgan fingerprint density at radius 1 is 0.658 bits per heavy atom. The summed E-state index contributed by atoms with van der Waals surface area (Å²) < 4.78 is 21.5. The molecule has 0 fully saturated rings. The number of rotatable bonds is 15. The van der Waals surface area contributed by atoms with Gasteiger partial charge >= 0.3 is 11.9 Å². The third-order valence-electron chi connectivity index (χ3n) is 6.03. The largest absolute Gasteiger partial charge is 0.507 e. The molecule has 3 aromatic rings.